The van der Waals surface area contributed by atoms with E-state index in [1.807, 2.05) is 29.2 Å². The van der Waals surface area contributed by atoms with E-state index in [0.29, 0.717) is 30.4 Å². The minimum atomic E-state index is -0.146. The van der Waals surface area contributed by atoms with E-state index < -0.39 is 0 Å². The fourth-order valence-electron chi connectivity index (χ4n) is 2.95. The van der Waals surface area contributed by atoms with Crippen molar-refractivity contribution in [1.82, 2.24) is 10.2 Å². The Balaban J connectivity index is 1.38. The monoisotopic (exact) mass is 375 g/mol. The van der Waals surface area contributed by atoms with Crippen LogP contribution in [0.25, 0.3) is 0 Å². The van der Waals surface area contributed by atoms with Gasteiger partial charge in [0.25, 0.3) is 0 Å². The Labute approximate surface area is 157 Å². The summed E-state index contributed by atoms with van der Waals surface area (Å²) in [5.41, 5.74) is 1.07. The summed E-state index contributed by atoms with van der Waals surface area (Å²) in [6.07, 6.45) is 1.98. The van der Waals surface area contributed by atoms with E-state index in [1.165, 1.54) is 0 Å². The summed E-state index contributed by atoms with van der Waals surface area (Å²) < 4.78 is 5.16. The number of carbonyl (C=O) groups excluding carboxylic acids is 2. The zero-order valence-electron chi connectivity index (χ0n) is 14.5. The van der Waals surface area contributed by atoms with Crippen LogP contribution in [0.2, 0.25) is 5.02 Å². The van der Waals surface area contributed by atoms with Gasteiger partial charge in [0, 0.05) is 49.7 Å². The predicted octanol–water partition coefficient (Wildman–Crippen LogP) is 2.68. The van der Waals surface area contributed by atoms with Crippen molar-refractivity contribution >= 4 is 29.1 Å². The molecule has 1 aromatic carbocycles. The van der Waals surface area contributed by atoms with Gasteiger partial charge in [0.15, 0.2) is 0 Å². The number of furan rings is 1. The normalized spacial score (nSPS) is 14.3. The molecule has 2 heterocycles. The highest BCUT2D eigenvalue weighted by molar-refractivity contribution is 6.30. The van der Waals surface area contributed by atoms with Crippen LogP contribution in [0.5, 0.6) is 0 Å². The molecular formula is C19H22ClN3O3. The number of anilines is 1. The van der Waals surface area contributed by atoms with Crippen LogP contribution in [0.1, 0.15) is 18.6 Å². The van der Waals surface area contributed by atoms with Crippen molar-refractivity contribution in [3.8, 4) is 0 Å². The van der Waals surface area contributed by atoms with Gasteiger partial charge >= 0.3 is 0 Å². The molecule has 138 valence electrons. The zero-order chi connectivity index (χ0) is 18.4. The molecule has 3 rings (SSSR count). The van der Waals surface area contributed by atoms with Gasteiger partial charge in [-0.05, 0) is 30.3 Å². The van der Waals surface area contributed by atoms with E-state index in [1.54, 1.807) is 18.4 Å². The number of nitrogens with one attached hydrogen (secondary N) is 1. The van der Waals surface area contributed by atoms with Crippen molar-refractivity contribution in [2.24, 2.45) is 0 Å². The first kappa shape index (κ1) is 18.3. The van der Waals surface area contributed by atoms with Gasteiger partial charge in [0.05, 0.1) is 12.8 Å². The number of piperazine rings is 1. The lowest BCUT2D eigenvalue weighted by Crippen LogP contribution is -2.48. The Morgan fingerprint density at radius 1 is 1.08 bits per heavy atom. The third-order valence-corrected chi connectivity index (χ3v) is 4.65. The average Bonchev–Trinajstić information content (AvgIpc) is 3.18. The quantitative estimate of drug-likeness (QED) is 0.843. The number of amides is 2. The number of hydrogen-bond donors (Lipinski definition) is 1. The first-order valence-electron chi connectivity index (χ1n) is 8.69. The molecule has 1 aliphatic rings. The fourth-order valence-corrected chi connectivity index (χ4v) is 3.14. The lowest BCUT2D eigenvalue weighted by atomic mass is 10.2. The molecule has 2 amide bonds. The summed E-state index contributed by atoms with van der Waals surface area (Å²) >= 11 is 6.04. The molecule has 1 fully saturated rings. The zero-order valence-corrected chi connectivity index (χ0v) is 15.2. The molecule has 26 heavy (non-hydrogen) atoms. The Morgan fingerprint density at radius 2 is 1.88 bits per heavy atom. The second-order valence-corrected chi connectivity index (χ2v) is 6.64. The fraction of sp³-hybridized carbons (Fsp3) is 0.368. The van der Waals surface area contributed by atoms with Gasteiger partial charge in [-0.2, -0.15) is 0 Å². The number of carbonyl (C=O) groups is 2. The van der Waals surface area contributed by atoms with Crippen molar-refractivity contribution in [2.45, 2.75) is 19.4 Å². The molecule has 0 spiro atoms. The molecule has 0 atom stereocenters. The van der Waals surface area contributed by atoms with E-state index in [-0.39, 0.29) is 24.7 Å². The molecule has 1 saturated heterocycles. The van der Waals surface area contributed by atoms with Crippen LogP contribution in [0.15, 0.2) is 47.1 Å². The Kier molecular flexibility index (Phi) is 6.17. The summed E-state index contributed by atoms with van der Waals surface area (Å²) in [4.78, 5) is 28.2. The summed E-state index contributed by atoms with van der Waals surface area (Å²) in [6.45, 7) is 3.17. The van der Waals surface area contributed by atoms with E-state index >= 15 is 0 Å². The van der Waals surface area contributed by atoms with Gasteiger partial charge in [0.1, 0.15) is 5.76 Å². The number of hydrogen-bond acceptors (Lipinski definition) is 4. The molecule has 7 heteroatoms. The summed E-state index contributed by atoms with van der Waals surface area (Å²) in [6, 6.07) is 11.3. The van der Waals surface area contributed by atoms with Crippen molar-refractivity contribution in [3.63, 3.8) is 0 Å². The Hall–Kier alpha value is -2.47. The third kappa shape index (κ3) is 5.02. The molecule has 0 radical (unpaired) electrons. The second kappa shape index (κ2) is 8.76. The molecule has 6 nitrogen and oxygen atoms in total. The standard InChI is InChI=1S/C19H22ClN3O3/c20-15-3-1-4-16(13-15)22-8-10-23(11-9-22)19(25)7-6-18(24)21-14-17-5-2-12-26-17/h1-5,12-13H,6-11,14H2,(H,21,24). The van der Waals surface area contributed by atoms with Crippen molar-refractivity contribution in [2.75, 3.05) is 31.1 Å². The maximum Gasteiger partial charge on any atom is 0.223 e. The third-order valence-electron chi connectivity index (χ3n) is 4.41. The SMILES string of the molecule is O=C(CCC(=O)N1CCN(c2cccc(Cl)c2)CC1)NCc1ccco1. The Bertz CT molecular complexity index is 740. The van der Waals surface area contributed by atoms with Gasteiger partial charge in [-0.1, -0.05) is 17.7 Å². The first-order chi connectivity index (χ1) is 12.6. The molecule has 1 aliphatic heterocycles. The lowest BCUT2D eigenvalue weighted by Gasteiger charge is -2.36. The van der Waals surface area contributed by atoms with Crippen molar-refractivity contribution in [3.05, 3.63) is 53.4 Å². The van der Waals surface area contributed by atoms with E-state index in [0.717, 1.165) is 18.8 Å². The highest BCUT2D eigenvalue weighted by Crippen LogP contribution is 2.21. The van der Waals surface area contributed by atoms with Gasteiger partial charge in [-0.3, -0.25) is 9.59 Å². The minimum Gasteiger partial charge on any atom is -0.467 e. The summed E-state index contributed by atoms with van der Waals surface area (Å²) in [7, 11) is 0. The second-order valence-electron chi connectivity index (χ2n) is 6.20. The Morgan fingerprint density at radius 3 is 2.58 bits per heavy atom. The van der Waals surface area contributed by atoms with Crippen LogP contribution in [0.3, 0.4) is 0 Å². The van der Waals surface area contributed by atoms with E-state index in [4.69, 9.17) is 16.0 Å². The van der Waals surface area contributed by atoms with Gasteiger partial charge in [-0.25, -0.2) is 0 Å². The van der Waals surface area contributed by atoms with Gasteiger partial charge in [-0.15, -0.1) is 0 Å². The predicted molar refractivity (Wildman–Crippen MR) is 100 cm³/mol. The number of halogens is 1. The van der Waals surface area contributed by atoms with Gasteiger partial charge < -0.3 is 19.5 Å². The largest absolute Gasteiger partial charge is 0.467 e. The molecule has 0 saturated carbocycles. The van der Waals surface area contributed by atoms with E-state index in [2.05, 4.69) is 10.2 Å². The minimum absolute atomic E-state index is 0.0175. The van der Waals surface area contributed by atoms with Crippen LogP contribution >= 0.6 is 11.6 Å². The number of benzene rings is 1. The number of nitrogens with zero attached hydrogens (tertiary/aromatic N) is 2. The van der Waals surface area contributed by atoms with Gasteiger partial charge in [0.2, 0.25) is 11.8 Å². The molecule has 1 N–H and O–H groups in total. The highest BCUT2D eigenvalue weighted by Gasteiger charge is 2.21. The van der Waals surface area contributed by atoms with Crippen LogP contribution in [-0.2, 0) is 16.1 Å². The number of rotatable bonds is 6. The van der Waals surface area contributed by atoms with Crippen LogP contribution in [0.4, 0.5) is 5.69 Å². The topological polar surface area (TPSA) is 65.8 Å². The first-order valence-corrected chi connectivity index (χ1v) is 9.07. The molecule has 0 aliphatic carbocycles. The maximum atomic E-state index is 12.3. The summed E-state index contributed by atoms with van der Waals surface area (Å²) in [5.74, 6) is 0.568. The molecule has 0 unspecified atom stereocenters. The average molecular weight is 376 g/mol. The van der Waals surface area contributed by atoms with E-state index in [9.17, 15) is 9.59 Å². The molecular weight excluding hydrogens is 354 g/mol. The van der Waals surface area contributed by atoms with Crippen molar-refractivity contribution in [1.29, 1.82) is 0 Å². The molecule has 0 bridgehead atoms. The molecule has 2 aromatic rings. The van der Waals surface area contributed by atoms with Crippen molar-refractivity contribution < 1.29 is 14.0 Å². The smallest absolute Gasteiger partial charge is 0.223 e. The summed E-state index contributed by atoms with van der Waals surface area (Å²) in [5, 5.41) is 3.46. The molecule has 1 aromatic heterocycles. The van der Waals surface area contributed by atoms with Crippen LogP contribution in [-0.4, -0.2) is 42.9 Å². The maximum absolute atomic E-state index is 12.3. The van der Waals surface area contributed by atoms with Crippen LogP contribution in [0, 0.1) is 0 Å². The van der Waals surface area contributed by atoms with Crippen LogP contribution < -0.4 is 10.2 Å². The highest BCUT2D eigenvalue weighted by atomic mass is 35.5. The lowest BCUT2D eigenvalue weighted by molar-refractivity contribution is -0.133.